The van der Waals surface area contributed by atoms with Crippen LogP contribution in [0, 0.1) is 5.92 Å². The molecule has 1 aliphatic rings. The van der Waals surface area contributed by atoms with Crippen molar-refractivity contribution in [1.29, 1.82) is 0 Å². The first-order valence-corrected chi connectivity index (χ1v) is 7.31. The summed E-state index contributed by atoms with van der Waals surface area (Å²) in [5.74, 6) is 0.882. The van der Waals surface area contributed by atoms with Gasteiger partial charge in [0.05, 0.1) is 19.3 Å². The Kier molecular flexibility index (Phi) is 4.85. The number of ether oxygens (including phenoxy) is 1. The maximum absolute atomic E-state index is 12.7. The van der Waals surface area contributed by atoms with Crippen molar-refractivity contribution in [2.24, 2.45) is 11.7 Å². The third-order valence-corrected chi connectivity index (χ3v) is 4.10. The first-order valence-electron chi connectivity index (χ1n) is 7.31. The third kappa shape index (κ3) is 3.54. The molecule has 1 saturated carbocycles. The van der Waals surface area contributed by atoms with Crippen LogP contribution in [0.1, 0.15) is 25.3 Å². The van der Waals surface area contributed by atoms with Gasteiger partial charge in [-0.15, -0.1) is 0 Å². The summed E-state index contributed by atoms with van der Waals surface area (Å²) < 4.78 is 5.32. The van der Waals surface area contributed by atoms with Gasteiger partial charge in [0.2, 0.25) is 5.91 Å². The zero-order valence-corrected chi connectivity index (χ0v) is 12.7. The number of aliphatic hydroxyl groups is 1. The first kappa shape index (κ1) is 15.8. The van der Waals surface area contributed by atoms with Crippen LogP contribution in [0.15, 0.2) is 24.3 Å². The summed E-state index contributed by atoms with van der Waals surface area (Å²) in [7, 11) is 1.61. The Balaban J connectivity index is 2.17. The van der Waals surface area contributed by atoms with E-state index in [0.29, 0.717) is 6.54 Å². The number of hydrogen-bond donors (Lipinski definition) is 2. The monoisotopic (exact) mass is 292 g/mol. The van der Waals surface area contributed by atoms with Gasteiger partial charge in [-0.1, -0.05) is 18.2 Å². The number of aliphatic hydroxyl groups excluding tert-OH is 1. The van der Waals surface area contributed by atoms with E-state index in [2.05, 4.69) is 0 Å². The average Bonchev–Trinajstić information content (AvgIpc) is 3.31. The fraction of sp³-hybridized carbons (Fsp3) is 0.562. The van der Waals surface area contributed by atoms with Crippen LogP contribution in [0.2, 0.25) is 0 Å². The van der Waals surface area contributed by atoms with Gasteiger partial charge in [0.25, 0.3) is 0 Å². The fourth-order valence-corrected chi connectivity index (χ4v) is 2.61. The van der Waals surface area contributed by atoms with Crippen LogP contribution in [0.3, 0.4) is 0 Å². The number of amides is 1. The van der Waals surface area contributed by atoms with E-state index in [9.17, 15) is 9.90 Å². The molecule has 1 aromatic rings. The lowest BCUT2D eigenvalue weighted by atomic mass is 9.95. The van der Waals surface area contributed by atoms with Crippen LogP contribution in [-0.4, -0.2) is 41.7 Å². The van der Waals surface area contributed by atoms with E-state index in [0.717, 1.165) is 24.2 Å². The van der Waals surface area contributed by atoms with Gasteiger partial charge >= 0.3 is 0 Å². The number of nitrogens with two attached hydrogens (primary N) is 1. The molecule has 0 aromatic heterocycles. The van der Waals surface area contributed by atoms with Crippen molar-refractivity contribution in [2.75, 3.05) is 20.3 Å². The predicted molar refractivity (Wildman–Crippen MR) is 80.8 cm³/mol. The minimum atomic E-state index is -0.850. The Bertz CT molecular complexity index is 498. The number of rotatable bonds is 7. The van der Waals surface area contributed by atoms with Gasteiger partial charge in [-0.25, -0.2) is 0 Å². The number of para-hydroxylation sites is 1. The number of carbonyl (C=O) groups excluding carboxylic acids is 1. The van der Waals surface area contributed by atoms with E-state index in [1.165, 1.54) is 0 Å². The number of carbonyl (C=O) groups is 1. The molecule has 2 rings (SSSR count). The maximum atomic E-state index is 12.7. The molecular weight excluding hydrogens is 268 g/mol. The van der Waals surface area contributed by atoms with Crippen LogP contribution in [-0.2, 0) is 11.3 Å². The van der Waals surface area contributed by atoms with E-state index in [1.54, 1.807) is 18.9 Å². The molecule has 1 amide bonds. The molecule has 0 heterocycles. The molecule has 21 heavy (non-hydrogen) atoms. The lowest BCUT2D eigenvalue weighted by molar-refractivity contribution is -0.138. The van der Waals surface area contributed by atoms with Gasteiger partial charge < -0.3 is 20.5 Å². The van der Waals surface area contributed by atoms with Gasteiger partial charge in [0, 0.05) is 18.7 Å². The zero-order valence-electron chi connectivity index (χ0n) is 12.7. The first-order chi connectivity index (χ1) is 10.0. The minimum Gasteiger partial charge on any atom is -0.496 e. The SMILES string of the molecule is COc1ccccc1CN(CCO)C(=O)C(C)(N)C1CC1. The molecule has 0 saturated heterocycles. The van der Waals surface area contributed by atoms with Gasteiger partial charge in [0.1, 0.15) is 5.75 Å². The summed E-state index contributed by atoms with van der Waals surface area (Å²) in [6.07, 6.45) is 2.00. The second-order valence-electron chi connectivity index (χ2n) is 5.82. The Hall–Kier alpha value is -1.59. The highest BCUT2D eigenvalue weighted by atomic mass is 16.5. The highest BCUT2D eigenvalue weighted by molar-refractivity contribution is 5.86. The number of hydrogen-bond acceptors (Lipinski definition) is 4. The molecule has 1 atom stereocenters. The molecule has 116 valence electrons. The Morgan fingerprint density at radius 1 is 1.48 bits per heavy atom. The third-order valence-electron chi connectivity index (χ3n) is 4.10. The molecule has 3 N–H and O–H groups in total. The van der Waals surface area contributed by atoms with Gasteiger partial charge in [-0.05, 0) is 31.7 Å². The lowest BCUT2D eigenvalue weighted by Gasteiger charge is -2.32. The second kappa shape index (κ2) is 6.45. The highest BCUT2D eigenvalue weighted by Gasteiger charge is 2.45. The van der Waals surface area contributed by atoms with Crippen LogP contribution in [0.4, 0.5) is 0 Å². The Morgan fingerprint density at radius 2 is 2.14 bits per heavy atom. The topological polar surface area (TPSA) is 75.8 Å². The number of methoxy groups -OCH3 is 1. The van der Waals surface area contributed by atoms with E-state index in [-0.39, 0.29) is 25.0 Å². The van der Waals surface area contributed by atoms with Gasteiger partial charge in [0.15, 0.2) is 0 Å². The van der Waals surface area contributed by atoms with Crippen molar-refractivity contribution in [3.8, 4) is 5.75 Å². The summed E-state index contributed by atoms with van der Waals surface area (Å²) in [5.41, 5.74) is 6.28. The van der Waals surface area contributed by atoms with Gasteiger partial charge in [-0.3, -0.25) is 4.79 Å². The summed E-state index contributed by atoms with van der Waals surface area (Å²) in [6, 6.07) is 7.57. The molecule has 1 aliphatic carbocycles. The quantitative estimate of drug-likeness (QED) is 0.790. The maximum Gasteiger partial charge on any atom is 0.243 e. The molecule has 0 spiro atoms. The molecule has 1 aromatic carbocycles. The molecule has 1 unspecified atom stereocenters. The van der Waals surface area contributed by atoms with Crippen molar-refractivity contribution in [3.63, 3.8) is 0 Å². The van der Waals surface area contributed by atoms with Crippen molar-refractivity contribution in [3.05, 3.63) is 29.8 Å². The standard InChI is InChI=1S/C16H24N2O3/c1-16(17,13-7-8-13)15(20)18(9-10-19)11-12-5-3-4-6-14(12)21-2/h3-6,13,19H,7-11,17H2,1-2H3. The molecule has 5 nitrogen and oxygen atoms in total. The summed E-state index contributed by atoms with van der Waals surface area (Å²) in [5, 5.41) is 9.24. The fourth-order valence-electron chi connectivity index (χ4n) is 2.61. The predicted octanol–water partition coefficient (Wildman–Crippen LogP) is 1.14. The lowest BCUT2D eigenvalue weighted by Crippen LogP contribution is -2.55. The molecule has 1 fully saturated rings. The largest absolute Gasteiger partial charge is 0.496 e. The molecular formula is C16H24N2O3. The van der Waals surface area contributed by atoms with Crippen molar-refractivity contribution >= 4 is 5.91 Å². The molecule has 0 aliphatic heterocycles. The Morgan fingerprint density at radius 3 is 2.71 bits per heavy atom. The average molecular weight is 292 g/mol. The van der Waals surface area contributed by atoms with Crippen LogP contribution in [0.5, 0.6) is 5.75 Å². The molecule has 0 bridgehead atoms. The van der Waals surface area contributed by atoms with Crippen molar-refractivity contribution in [2.45, 2.75) is 31.8 Å². The van der Waals surface area contributed by atoms with Crippen molar-refractivity contribution in [1.82, 2.24) is 4.90 Å². The second-order valence-corrected chi connectivity index (χ2v) is 5.82. The van der Waals surface area contributed by atoms with Crippen LogP contribution >= 0.6 is 0 Å². The molecule has 0 radical (unpaired) electrons. The normalized spacial score (nSPS) is 17.1. The summed E-state index contributed by atoms with van der Waals surface area (Å²) in [6.45, 7) is 2.38. The number of benzene rings is 1. The Labute approximate surface area is 125 Å². The van der Waals surface area contributed by atoms with E-state index in [1.807, 2.05) is 24.3 Å². The minimum absolute atomic E-state index is 0.0817. The smallest absolute Gasteiger partial charge is 0.243 e. The van der Waals surface area contributed by atoms with E-state index >= 15 is 0 Å². The zero-order chi connectivity index (χ0) is 15.5. The summed E-state index contributed by atoms with van der Waals surface area (Å²) >= 11 is 0. The molecule has 5 heteroatoms. The van der Waals surface area contributed by atoms with E-state index in [4.69, 9.17) is 10.5 Å². The summed E-state index contributed by atoms with van der Waals surface area (Å²) in [4.78, 5) is 14.3. The van der Waals surface area contributed by atoms with Crippen molar-refractivity contribution < 1.29 is 14.6 Å². The van der Waals surface area contributed by atoms with Gasteiger partial charge in [-0.2, -0.15) is 0 Å². The van der Waals surface area contributed by atoms with Crippen LogP contribution < -0.4 is 10.5 Å². The van der Waals surface area contributed by atoms with Crippen LogP contribution in [0.25, 0.3) is 0 Å². The number of nitrogens with zero attached hydrogens (tertiary/aromatic N) is 1. The van der Waals surface area contributed by atoms with E-state index < -0.39 is 5.54 Å². The highest BCUT2D eigenvalue weighted by Crippen LogP contribution is 2.39.